The van der Waals surface area contributed by atoms with Crippen LogP contribution in [0, 0.1) is 11.3 Å². The van der Waals surface area contributed by atoms with Crippen molar-refractivity contribution in [1.82, 2.24) is 0 Å². The van der Waals surface area contributed by atoms with Crippen molar-refractivity contribution in [2.75, 3.05) is 6.54 Å². The summed E-state index contributed by atoms with van der Waals surface area (Å²) in [6.07, 6.45) is 3.89. The normalized spacial score (nSPS) is 30.3. The molecule has 3 N–H and O–H groups in total. The van der Waals surface area contributed by atoms with Gasteiger partial charge in [0.25, 0.3) is 0 Å². The number of benzene rings is 1. The summed E-state index contributed by atoms with van der Waals surface area (Å²) in [6, 6.07) is 8.03. The van der Waals surface area contributed by atoms with Gasteiger partial charge in [0.1, 0.15) is 0 Å². The molecule has 0 amide bonds. The van der Waals surface area contributed by atoms with Crippen molar-refractivity contribution in [3.8, 4) is 0 Å². The number of nitrogens with two attached hydrogens (primary N) is 1. The highest BCUT2D eigenvalue weighted by Gasteiger charge is 2.52. The van der Waals surface area contributed by atoms with E-state index < -0.39 is 5.60 Å². The third kappa shape index (κ3) is 2.48. The molecule has 1 fully saturated rings. The summed E-state index contributed by atoms with van der Waals surface area (Å²) < 4.78 is 1.01. The van der Waals surface area contributed by atoms with Crippen LogP contribution in [0.25, 0.3) is 0 Å². The molecule has 0 radical (unpaired) electrons. The molecule has 1 aromatic rings. The Morgan fingerprint density at radius 3 is 2.74 bits per heavy atom. The summed E-state index contributed by atoms with van der Waals surface area (Å²) in [6.45, 7) is 4.86. The summed E-state index contributed by atoms with van der Waals surface area (Å²) >= 11 is 3.50. The van der Waals surface area contributed by atoms with Crippen LogP contribution in [0.2, 0.25) is 0 Å². The molecule has 3 heteroatoms. The number of aliphatic hydroxyl groups is 1. The Morgan fingerprint density at radius 2 is 2.26 bits per heavy atom. The van der Waals surface area contributed by atoms with Gasteiger partial charge in [0.2, 0.25) is 0 Å². The van der Waals surface area contributed by atoms with Crippen molar-refractivity contribution in [3.63, 3.8) is 0 Å². The lowest BCUT2D eigenvalue weighted by atomic mass is 9.65. The molecule has 1 aliphatic rings. The first-order chi connectivity index (χ1) is 8.97. The van der Waals surface area contributed by atoms with Gasteiger partial charge in [-0.05, 0) is 49.3 Å². The predicted octanol–water partition coefficient (Wildman–Crippen LogP) is 3.81. The molecule has 3 atom stereocenters. The SMILES string of the molecule is CCC(O)(c1cccc(Br)c1)C1(CN)CCC(C)C1. The Bertz CT molecular complexity index is 450. The molecule has 0 spiro atoms. The maximum atomic E-state index is 11.4. The summed E-state index contributed by atoms with van der Waals surface area (Å²) in [4.78, 5) is 0. The summed E-state index contributed by atoms with van der Waals surface area (Å²) in [5.41, 5.74) is 6.08. The van der Waals surface area contributed by atoms with Crippen LogP contribution in [0.3, 0.4) is 0 Å². The van der Waals surface area contributed by atoms with Crippen molar-refractivity contribution in [2.24, 2.45) is 17.1 Å². The van der Waals surface area contributed by atoms with Gasteiger partial charge >= 0.3 is 0 Å². The average molecular weight is 326 g/mol. The van der Waals surface area contributed by atoms with E-state index in [1.807, 2.05) is 24.3 Å². The first kappa shape index (κ1) is 15.0. The Hall–Kier alpha value is -0.380. The molecule has 19 heavy (non-hydrogen) atoms. The molecule has 0 aliphatic heterocycles. The van der Waals surface area contributed by atoms with E-state index in [9.17, 15) is 5.11 Å². The first-order valence-electron chi connectivity index (χ1n) is 7.16. The van der Waals surface area contributed by atoms with E-state index in [0.29, 0.717) is 18.9 Å². The molecule has 0 saturated heterocycles. The molecule has 2 nitrogen and oxygen atoms in total. The van der Waals surface area contributed by atoms with Gasteiger partial charge in [0.05, 0.1) is 5.60 Å². The molecular formula is C16H24BrNO. The van der Waals surface area contributed by atoms with Crippen molar-refractivity contribution in [1.29, 1.82) is 0 Å². The van der Waals surface area contributed by atoms with E-state index in [4.69, 9.17) is 5.73 Å². The highest BCUT2D eigenvalue weighted by Crippen LogP contribution is 2.54. The van der Waals surface area contributed by atoms with E-state index >= 15 is 0 Å². The van der Waals surface area contributed by atoms with Gasteiger partial charge in [-0.15, -0.1) is 0 Å². The van der Waals surface area contributed by atoms with Gasteiger partial charge in [0.15, 0.2) is 0 Å². The highest BCUT2D eigenvalue weighted by molar-refractivity contribution is 9.10. The zero-order valence-corrected chi connectivity index (χ0v) is 13.4. The standard InChI is InChI=1S/C16H24BrNO/c1-3-16(19,13-5-4-6-14(17)9-13)15(11-18)8-7-12(2)10-15/h4-6,9,12,19H,3,7-8,10-11,18H2,1-2H3. The summed E-state index contributed by atoms with van der Waals surface area (Å²) in [7, 11) is 0. The summed E-state index contributed by atoms with van der Waals surface area (Å²) in [5, 5.41) is 11.4. The van der Waals surface area contributed by atoms with E-state index in [2.05, 4.69) is 29.8 Å². The lowest BCUT2D eigenvalue weighted by molar-refractivity contribution is -0.0900. The molecule has 0 heterocycles. The fourth-order valence-corrected chi connectivity index (χ4v) is 4.15. The molecule has 0 aromatic heterocycles. The van der Waals surface area contributed by atoms with Crippen LogP contribution in [-0.4, -0.2) is 11.7 Å². The third-order valence-corrected chi connectivity index (χ3v) is 5.43. The number of rotatable bonds is 4. The van der Waals surface area contributed by atoms with E-state index in [-0.39, 0.29) is 5.41 Å². The van der Waals surface area contributed by atoms with Crippen LogP contribution in [0.15, 0.2) is 28.7 Å². The van der Waals surface area contributed by atoms with Crippen LogP contribution >= 0.6 is 15.9 Å². The Labute approximate surface area is 124 Å². The van der Waals surface area contributed by atoms with E-state index in [1.165, 1.54) is 0 Å². The number of halogens is 1. The fraction of sp³-hybridized carbons (Fsp3) is 0.625. The fourth-order valence-electron chi connectivity index (χ4n) is 3.75. The van der Waals surface area contributed by atoms with Gasteiger partial charge in [-0.25, -0.2) is 0 Å². The maximum Gasteiger partial charge on any atom is 0.0962 e. The van der Waals surface area contributed by atoms with Gasteiger partial charge in [-0.2, -0.15) is 0 Å². The molecule has 2 rings (SSSR count). The molecule has 3 unspecified atom stereocenters. The monoisotopic (exact) mass is 325 g/mol. The smallest absolute Gasteiger partial charge is 0.0962 e. The van der Waals surface area contributed by atoms with Gasteiger partial charge in [-0.1, -0.05) is 41.9 Å². The van der Waals surface area contributed by atoms with Crippen molar-refractivity contribution in [3.05, 3.63) is 34.3 Å². The largest absolute Gasteiger partial charge is 0.385 e. The molecular weight excluding hydrogens is 302 g/mol. The maximum absolute atomic E-state index is 11.4. The minimum Gasteiger partial charge on any atom is -0.385 e. The van der Waals surface area contributed by atoms with Crippen LogP contribution in [-0.2, 0) is 5.60 Å². The zero-order chi connectivity index (χ0) is 14.1. The second-order valence-corrected chi connectivity index (χ2v) is 6.97. The summed E-state index contributed by atoms with van der Waals surface area (Å²) in [5.74, 6) is 0.647. The van der Waals surface area contributed by atoms with Crippen molar-refractivity contribution in [2.45, 2.75) is 45.1 Å². The van der Waals surface area contributed by atoms with Gasteiger partial charge < -0.3 is 10.8 Å². The van der Waals surface area contributed by atoms with Crippen LogP contribution < -0.4 is 5.73 Å². The number of hydrogen-bond donors (Lipinski definition) is 2. The average Bonchev–Trinajstić information content (AvgIpc) is 2.81. The number of hydrogen-bond acceptors (Lipinski definition) is 2. The molecule has 1 aromatic carbocycles. The Morgan fingerprint density at radius 1 is 1.53 bits per heavy atom. The minimum atomic E-state index is -0.823. The van der Waals surface area contributed by atoms with Gasteiger partial charge in [0, 0.05) is 16.4 Å². The topological polar surface area (TPSA) is 46.2 Å². The molecule has 0 bridgehead atoms. The van der Waals surface area contributed by atoms with Crippen LogP contribution in [0.4, 0.5) is 0 Å². The van der Waals surface area contributed by atoms with Crippen molar-refractivity contribution < 1.29 is 5.11 Å². The first-order valence-corrected chi connectivity index (χ1v) is 7.95. The Kier molecular flexibility index (Phi) is 4.38. The van der Waals surface area contributed by atoms with Crippen molar-refractivity contribution >= 4 is 15.9 Å². The molecule has 1 saturated carbocycles. The van der Waals surface area contributed by atoms with Crippen LogP contribution in [0.1, 0.15) is 45.1 Å². The predicted molar refractivity (Wildman–Crippen MR) is 82.8 cm³/mol. The van der Waals surface area contributed by atoms with E-state index in [1.54, 1.807) is 0 Å². The minimum absolute atomic E-state index is 0.179. The molecule has 106 valence electrons. The highest BCUT2D eigenvalue weighted by atomic mass is 79.9. The molecule has 1 aliphatic carbocycles. The zero-order valence-electron chi connectivity index (χ0n) is 11.8. The lowest BCUT2D eigenvalue weighted by Gasteiger charge is -2.45. The quantitative estimate of drug-likeness (QED) is 0.884. The van der Waals surface area contributed by atoms with Gasteiger partial charge in [-0.3, -0.25) is 0 Å². The lowest BCUT2D eigenvalue weighted by Crippen LogP contribution is -2.48. The second kappa shape index (κ2) is 5.55. The third-order valence-electron chi connectivity index (χ3n) is 4.94. The second-order valence-electron chi connectivity index (χ2n) is 6.06. The Balaban J connectivity index is 2.46. The van der Waals surface area contributed by atoms with Crippen LogP contribution in [0.5, 0.6) is 0 Å². The van der Waals surface area contributed by atoms with E-state index in [0.717, 1.165) is 29.3 Å².